The van der Waals surface area contributed by atoms with Crippen molar-refractivity contribution >= 4 is 28.5 Å². The Balaban J connectivity index is 1.43. The molecule has 2 atom stereocenters. The fourth-order valence-electron chi connectivity index (χ4n) is 4.39. The van der Waals surface area contributed by atoms with E-state index >= 15 is 0 Å². The van der Waals surface area contributed by atoms with E-state index in [0.29, 0.717) is 23.7 Å². The molecule has 2 aliphatic rings. The number of nitrogens with one attached hydrogen (secondary N) is 2. The van der Waals surface area contributed by atoms with Crippen LogP contribution in [0, 0.1) is 6.92 Å². The quantitative estimate of drug-likeness (QED) is 0.539. The largest absolute Gasteiger partial charge is 0.351 e. The maximum absolute atomic E-state index is 4.83. The molecule has 30 heavy (non-hydrogen) atoms. The molecule has 0 aliphatic carbocycles. The summed E-state index contributed by atoms with van der Waals surface area (Å²) in [6.07, 6.45) is 8.00. The fraction of sp³-hybridized carbons (Fsp3) is 0.286. The highest BCUT2D eigenvalue weighted by Crippen LogP contribution is 2.31. The van der Waals surface area contributed by atoms with Gasteiger partial charge in [0.15, 0.2) is 11.5 Å². The van der Waals surface area contributed by atoms with E-state index < -0.39 is 0 Å². The number of piperazine rings is 1. The maximum atomic E-state index is 4.83. The fourth-order valence-corrected chi connectivity index (χ4v) is 4.39. The first kappa shape index (κ1) is 17.3. The number of pyridine rings is 2. The highest BCUT2D eigenvalue weighted by molar-refractivity contribution is 5.90. The highest BCUT2D eigenvalue weighted by Gasteiger charge is 2.38. The predicted octanol–water partition coefficient (Wildman–Crippen LogP) is 2.21. The summed E-state index contributed by atoms with van der Waals surface area (Å²) < 4.78 is 1.87. The summed E-state index contributed by atoms with van der Waals surface area (Å²) in [5, 5.41) is 12.6. The summed E-state index contributed by atoms with van der Waals surface area (Å²) in [5.74, 6) is 2.32. The molecule has 2 bridgehead atoms. The number of hydrogen-bond donors (Lipinski definition) is 2. The zero-order valence-electron chi connectivity index (χ0n) is 16.5. The molecule has 150 valence electrons. The van der Waals surface area contributed by atoms with Crippen molar-refractivity contribution in [2.45, 2.75) is 25.4 Å². The van der Waals surface area contributed by atoms with Gasteiger partial charge in [-0.15, -0.1) is 5.10 Å². The zero-order valence-corrected chi connectivity index (χ0v) is 16.5. The van der Waals surface area contributed by atoms with Gasteiger partial charge in [-0.1, -0.05) is 0 Å². The van der Waals surface area contributed by atoms with Gasteiger partial charge < -0.3 is 15.5 Å². The molecule has 2 fully saturated rings. The van der Waals surface area contributed by atoms with Gasteiger partial charge >= 0.3 is 0 Å². The number of anilines is 3. The van der Waals surface area contributed by atoms with Gasteiger partial charge in [0.05, 0.1) is 17.3 Å². The van der Waals surface area contributed by atoms with Crippen LogP contribution in [0.2, 0.25) is 0 Å². The van der Waals surface area contributed by atoms with Gasteiger partial charge in [0.2, 0.25) is 0 Å². The van der Waals surface area contributed by atoms with Gasteiger partial charge in [0.25, 0.3) is 0 Å². The second kappa shape index (κ2) is 6.74. The van der Waals surface area contributed by atoms with Crippen LogP contribution in [0.3, 0.4) is 0 Å². The topological polar surface area (TPSA) is 96.7 Å². The third-order valence-corrected chi connectivity index (χ3v) is 5.80. The molecule has 2 aliphatic heterocycles. The summed E-state index contributed by atoms with van der Waals surface area (Å²) in [6, 6.07) is 9.18. The van der Waals surface area contributed by atoms with Gasteiger partial charge in [-0.3, -0.25) is 4.98 Å². The third-order valence-electron chi connectivity index (χ3n) is 5.80. The van der Waals surface area contributed by atoms with E-state index in [4.69, 9.17) is 10.1 Å². The van der Waals surface area contributed by atoms with E-state index in [-0.39, 0.29) is 0 Å². The van der Waals surface area contributed by atoms with E-state index in [0.717, 1.165) is 41.3 Å². The standard InChI is InChI=1S/C21H21N9/c1-13-2-3-17-20(27-18-11-22-6-7-23-18)28-30(21(17)26-13)15-4-5-24-19(9-15)29-12-14-8-16(29)10-25-14/h2-7,9,11,14,16,25H,8,10,12H2,1H3,(H,23,27,28)/t14-,16-/m0/s1. The molecule has 0 saturated carbocycles. The average Bonchev–Trinajstić information content (AvgIpc) is 3.49. The number of fused-ring (bicyclic) bond motifs is 3. The van der Waals surface area contributed by atoms with Gasteiger partial charge in [0.1, 0.15) is 11.6 Å². The Morgan fingerprint density at radius 2 is 2.10 bits per heavy atom. The van der Waals surface area contributed by atoms with E-state index in [9.17, 15) is 0 Å². The van der Waals surface area contributed by atoms with Crippen LogP contribution < -0.4 is 15.5 Å². The summed E-state index contributed by atoms with van der Waals surface area (Å²) in [4.78, 5) is 20.2. The van der Waals surface area contributed by atoms with Crippen molar-refractivity contribution in [2.75, 3.05) is 23.3 Å². The van der Waals surface area contributed by atoms with Crippen molar-refractivity contribution in [1.82, 2.24) is 35.0 Å². The van der Waals surface area contributed by atoms with Gasteiger partial charge in [-0.2, -0.15) is 0 Å². The minimum atomic E-state index is 0.515. The minimum absolute atomic E-state index is 0.515. The Morgan fingerprint density at radius 3 is 2.90 bits per heavy atom. The van der Waals surface area contributed by atoms with Crippen molar-refractivity contribution in [2.24, 2.45) is 0 Å². The van der Waals surface area contributed by atoms with Crippen molar-refractivity contribution in [1.29, 1.82) is 0 Å². The molecule has 2 N–H and O–H groups in total. The molecule has 9 heteroatoms. The molecule has 0 radical (unpaired) electrons. The number of aryl methyl sites for hydroxylation is 1. The van der Waals surface area contributed by atoms with E-state index in [2.05, 4.69) is 36.6 Å². The predicted molar refractivity (Wildman–Crippen MR) is 114 cm³/mol. The molecular formula is C21H21N9. The molecule has 9 nitrogen and oxygen atoms in total. The van der Waals surface area contributed by atoms with Gasteiger partial charge in [-0.25, -0.2) is 19.6 Å². The van der Waals surface area contributed by atoms with Gasteiger partial charge in [-0.05, 0) is 31.5 Å². The lowest BCUT2D eigenvalue weighted by Gasteiger charge is -2.28. The lowest BCUT2D eigenvalue weighted by atomic mass is 10.2. The number of aromatic nitrogens is 6. The lowest BCUT2D eigenvalue weighted by Crippen LogP contribution is -2.44. The van der Waals surface area contributed by atoms with Crippen molar-refractivity contribution in [3.8, 4) is 5.69 Å². The Labute approximate surface area is 173 Å². The number of nitrogens with zero attached hydrogens (tertiary/aromatic N) is 7. The second-order valence-electron chi connectivity index (χ2n) is 7.82. The summed E-state index contributed by atoms with van der Waals surface area (Å²) in [7, 11) is 0. The minimum Gasteiger partial charge on any atom is -0.351 e. The summed E-state index contributed by atoms with van der Waals surface area (Å²) in [6.45, 7) is 4.00. The third kappa shape index (κ3) is 2.86. The first-order valence-corrected chi connectivity index (χ1v) is 10.1. The second-order valence-corrected chi connectivity index (χ2v) is 7.82. The zero-order chi connectivity index (χ0) is 20.1. The molecule has 0 spiro atoms. The van der Waals surface area contributed by atoms with Crippen molar-refractivity contribution in [3.63, 3.8) is 0 Å². The molecule has 0 aromatic carbocycles. The first-order chi connectivity index (χ1) is 14.7. The lowest BCUT2D eigenvalue weighted by molar-refractivity contribution is 0.576. The van der Waals surface area contributed by atoms with Crippen molar-refractivity contribution < 1.29 is 0 Å². The smallest absolute Gasteiger partial charge is 0.165 e. The molecular weight excluding hydrogens is 378 g/mol. The van der Waals surface area contributed by atoms with Crippen LogP contribution in [0.25, 0.3) is 16.7 Å². The number of hydrogen-bond acceptors (Lipinski definition) is 8. The Morgan fingerprint density at radius 1 is 1.13 bits per heavy atom. The summed E-state index contributed by atoms with van der Waals surface area (Å²) >= 11 is 0. The SMILES string of the molecule is Cc1ccc2c(Nc3cnccn3)nn(-c3ccnc(N4C[C@@H]5C[C@H]4CN5)c3)c2n1. The molecule has 2 saturated heterocycles. The van der Waals surface area contributed by atoms with Gasteiger partial charge in [0, 0.05) is 55.5 Å². The summed E-state index contributed by atoms with van der Waals surface area (Å²) in [5.41, 5.74) is 2.67. The van der Waals surface area contributed by atoms with Crippen LogP contribution in [-0.2, 0) is 0 Å². The molecule has 0 amide bonds. The van der Waals surface area contributed by atoms with Crippen LogP contribution in [0.5, 0.6) is 0 Å². The van der Waals surface area contributed by atoms with Crippen LogP contribution in [0.1, 0.15) is 12.1 Å². The molecule has 0 unspecified atom stereocenters. The van der Waals surface area contributed by atoms with Crippen LogP contribution >= 0.6 is 0 Å². The highest BCUT2D eigenvalue weighted by atomic mass is 15.4. The van der Waals surface area contributed by atoms with E-state index in [1.165, 1.54) is 6.42 Å². The molecule has 4 aromatic heterocycles. The normalized spacial score (nSPS) is 20.2. The molecule has 4 aromatic rings. The number of rotatable bonds is 4. The van der Waals surface area contributed by atoms with Crippen molar-refractivity contribution in [3.05, 3.63) is 54.7 Å². The first-order valence-electron chi connectivity index (χ1n) is 10.1. The Bertz CT molecular complexity index is 1220. The van der Waals surface area contributed by atoms with E-state index in [1.807, 2.05) is 36.0 Å². The maximum Gasteiger partial charge on any atom is 0.165 e. The molecule has 6 heterocycles. The van der Waals surface area contributed by atoms with Crippen LogP contribution in [0.4, 0.5) is 17.5 Å². The Kier molecular flexibility index (Phi) is 3.88. The van der Waals surface area contributed by atoms with Crippen LogP contribution in [-0.4, -0.2) is 54.9 Å². The Hall–Kier alpha value is -3.59. The molecule has 6 rings (SSSR count). The van der Waals surface area contributed by atoms with E-state index in [1.54, 1.807) is 18.6 Å². The monoisotopic (exact) mass is 399 g/mol. The average molecular weight is 399 g/mol. The van der Waals surface area contributed by atoms with Crippen LogP contribution in [0.15, 0.2) is 49.1 Å².